The van der Waals surface area contributed by atoms with Gasteiger partial charge in [-0.25, -0.2) is 0 Å². The second-order valence-corrected chi connectivity index (χ2v) is 13.0. The molecule has 0 aliphatic rings. The summed E-state index contributed by atoms with van der Waals surface area (Å²) in [5, 5.41) is 0. The Morgan fingerprint density at radius 3 is 2.12 bits per heavy atom. The van der Waals surface area contributed by atoms with Crippen LogP contribution in [0.2, 0.25) is 19.6 Å². The van der Waals surface area contributed by atoms with Crippen LogP contribution in [0.4, 0.5) is 0 Å². The van der Waals surface area contributed by atoms with Crippen molar-refractivity contribution < 1.29 is 17.0 Å². The molecule has 25 heavy (non-hydrogen) atoms. The molecule has 0 spiro atoms. The Hall–Kier alpha value is -1.47. The molecule has 136 valence electrons. The molecule has 0 radical (unpaired) electrons. The van der Waals surface area contributed by atoms with E-state index in [4.69, 9.17) is 8.61 Å². The van der Waals surface area contributed by atoms with Crippen LogP contribution < -0.4 is 0 Å². The lowest BCUT2D eigenvalue weighted by Gasteiger charge is -2.23. The van der Waals surface area contributed by atoms with E-state index in [0.717, 1.165) is 11.1 Å². The summed E-state index contributed by atoms with van der Waals surface area (Å²) in [4.78, 5) is 0.183. The number of hydrogen-bond acceptors (Lipinski definition) is 4. The Balaban J connectivity index is 1.90. The summed E-state index contributed by atoms with van der Waals surface area (Å²) in [6, 6.07) is 16.3. The molecule has 0 saturated heterocycles. The van der Waals surface area contributed by atoms with Crippen LogP contribution in [-0.4, -0.2) is 23.3 Å². The van der Waals surface area contributed by atoms with Gasteiger partial charge < -0.3 is 4.43 Å². The normalized spacial score (nSPS) is 13.6. The first-order valence-corrected chi connectivity index (χ1v) is 13.2. The maximum Gasteiger partial charge on any atom is 0.296 e. The van der Waals surface area contributed by atoms with Crippen LogP contribution in [0.1, 0.15) is 24.2 Å². The lowest BCUT2D eigenvalue weighted by atomic mass is 10.1. The highest BCUT2D eigenvalue weighted by Gasteiger charge is 2.19. The molecule has 2 aromatic carbocycles. The largest absolute Gasteiger partial charge is 0.411 e. The summed E-state index contributed by atoms with van der Waals surface area (Å²) in [7, 11) is -5.27. The molecule has 0 N–H and O–H groups in total. The van der Waals surface area contributed by atoms with Crippen molar-refractivity contribution in [1.82, 2.24) is 0 Å². The van der Waals surface area contributed by atoms with E-state index in [9.17, 15) is 8.42 Å². The molecule has 0 bridgehead atoms. The van der Waals surface area contributed by atoms with Crippen molar-refractivity contribution >= 4 is 18.4 Å². The van der Waals surface area contributed by atoms with E-state index in [2.05, 4.69) is 26.6 Å². The number of rotatable bonds is 8. The van der Waals surface area contributed by atoms with Gasteiger partial charge >= 0.3 is 0 Å². The Labute approximate surface area is 152 Å². The molecular formula is C19H26O4SSi. The van der Waals surface area contributed by atoms with Crippen molar-refractivity contribution in [3.05, 3.63) is 65.7 Å². The topological polar surface area (TPSA) is 52.6 Å². The zero-order valence-electron chi connectivity index (χ0n) is 15.2. The van der Waals surface area contributed by atoms with Crippen LogP contribution in [0, 0.1) is 0 Å². The fourth-order valence-corrected chi connectivity index (χ4v) is 4.60. The zero-order chi connectivity index (χ0) is 18.5. The SMILES string of the molecule is CC(O[Si](C)(C)C)c1ccc(CCOS(=O)(=O)c2ccccc2)cc1. The van der Waals surface area contributed by atoms with E-state index in [0.29, 0.717) is 6.42 Å². The zero-order valence-corrected chi connectivity index (χ0v) is 17.0. The van der Waals surface area contributed by atoms with Crippen molar-refractivity contribution in [1.29, 1.82) is 0 Å². The second kappa shape index (κ2) is 8.27. The minimum Gasteiger partial charge on any atom is -0.411 e. The van der Waals surface area contributed by atoms with Crippen molar-refractivity contribution in [2.45, 2.75) is 44.0 Å². The highest BCUT2D eigenvalue weighted by atomic mass is 32.2. The summed E-state index contributed by atoms with van der Waals surface area (Å²) in [6.07, 6.45) is 0.603. The van der Waals surface area contributed by atoms with Crippen LogP contribution in [0.25, 0.3) is 0 Å². The number of benzene rings is 2. The van der Waals surface area contributed by atoms with Crippen molar-refractivity contribution in [2.75, 3.05) is 6.61 Å². The summed E-state index contributed by atoms with van der Waals surface area (Å²) < 4.78 is 35.3. The average molecular weight is 379 g/mol. The molecule has 0 saturated carbocycles. The third-order valence-electron chi connectivity index (χ3n) is 3.64. The van der Waals surface area contributed by atoms with Crippen LogP contribution in [-0.2, 0) is 25.1 Å². The predicted octanol–water partition coefficient (Wildman–Crippen LogP) is 4.55. The molecule has 6 heteroatoms. The Morgan fingerprint density at radius 2 is 1.56 bits per heavy atom. The maximum atomic E-state index is 12.1. The van der Waals surface area contributed by atoms with E-state index in [1.54, 1.807) is 18.2 Å². The minimum atomic E-state index is -3.69. The third-order valence-corrected chi connectivity index (χ3v) is 6.03. The highest BCUT2D eigenvalue weighted by molar-refractivity contribution is 7.86. The molecule has 2 rings (SSSR count). The molecule has 4 nitrogen and oxygen atoms in total. The van der Waals surface area contributed by atoms with Crippen molar-refractivity contribution in [2.24, 2.45) is 0 Å². The van der Waals surface area contributed by atoms with Gasteiger partial charge in [-0.15, -0.1) is 0 Å². The van der Waals surface area contributed by atoms with Gasteiger partial charge in [-0.1, -0.05) is 42.5 Å². The summed E-state index contributed by atoms with van der Waals surface area (Å²) in [5.74, 6) is 0. The molecule has 0 amide bonds. The van der Waals surface area contributed by atoms with Crippen molar-refractivity contribution in [3.63, 3.8) is 0 Å². The van der Waals surface area contributed by atoms with Gasteiger partial charge in [-0.3, -0.25) is 4.18 Å². The van der Waals surface area contributed by atoms with E-state index < -0.39 is 18.4 Å². The van der Waals surface area contributed by atoms with Gasteiger partial charge in [0.05, 0.1) is 17.6 Å². The summed E-state index contributed by atoms with van der Waals surface area (Å²) >= 11 is 0. The van der Waals surface area contributed by atoms with E-state index in [-0.39, 0.29) is 17.6 Å². The van der Waals surface area contributed by atoms with Crippen LogP contribution >= 0.6 is 0 Å². The van der Waals surface area contributed by atoms with Gasteiger partial charge in [0.1, 0.15) is 0 Å². The first-order valence-electron chi connectivity index (χ1n) is 8.38. The Kier molecular flexibility index (Phi) is 6.57. The quantitative estimate of drug-likeness (QED) is 0.499. The molecule has 1 atom stereocenters. The molecule has 0 fully saturated rings. The molecular weight excluding hydrogens is 352 g/mol. The number of hydrogen-bond donors (Lipinski definition) is 0. The van der Waals surface area contributed by atoms with Gasteiger partial charge in [0.25, 0.3) is 10.1 Å². The summed E-state index contributed by atoms with van der Waals surface area (Å²) in [5.41, 5.74) is 2.16. The summed E-state index contributed by atoms with van der Waals surface area (Å²) in [6.45, 7) is 8.69. The monoisotopic (exact) mass is 378 g/mol. The lowest BCUT2D eigenvalue weighted by Crippen LogP contribution is -2.26. The van der Waals surface area contributed by atoms with E-state index >= 15 is 0 Å². The average Bonchev–Trinajstić information content (AvgIpc) is 2.54. The van der Waals surface area contributed by atoms with Crippen LogP contribution in [0.5, 0.6) is 0 Å². The molecule has 0 heterocycles. The fourth-order valence-electron chi connectivity index (χ4n) is 2.48. The smallest absolute Gasteiger partial charge is 0.296 e. The lowest BCUT2D eigenvalue weighted by molar-refractivity contribution is 0.219. The van der Waals surface area contributed by atoms with Gasteiger partial charge in [0.15, 0.2) is 8.32 Å². The minimum absolute atomic E-state index is 0.0652. The molecule has 0 aliphatic carbocycles. The standard InChI is InChI=1S/C19H26O4SSi/c1-16(23-25(2,3)4)18-12-10-17(11-13-18)14-15-22-24(20,21)19-8-6-5-7-9-19/h5-13,16H,14-15H2,1-4H3. The van der Waals surface area contributed by atoms with Gasteiger partial charge in [0, 0.05) is 0 Å². The van der Waals surface area contributed by atoms with E-state index in [1.165, 1.54) is 12.1 Å². The van der Waals surface area contributed by atoms with Gasteiger partial charge in [-0.2, -0.15) is 8.42 Å². The molecule has 2 aromatic rings. The first kappa shape index (κ1) is 19.8. The first-order chi connectivity index (χ1) is 11.7. The van der Waals surface area contributed by atoms with E-state index in [1.807, 2.05) is 24.3 Å². The third kappa shape index (κ3) is 6.39. The van der Waals surface area contributed by atoms with Gasteiger partial charge in [0.2, 0.25) is 0 Å². The van der Waals surface area contributed by atoms with Crippen LogP contribution in [0.15, 0.2) is 59.5 Å². The van der Waals surface area contributed by atoms with Gasteiger partial charge in [-0.05, 0) is 56.2 Å². The second-order valence-electron chi connectivity index (χ2n) is 6.95. The molecule has 0 aromatic heterocycles. The predicted molar refractivity (Wildman–Crippen MR) is 103 cm³/mol. The molecule has 1 unspecified atom stereocenters. The maximum absolute atomic E-state index is 12.1. The van der Waals surface area contributed by atoms with Crippen LogP contribution in [0.3, 0.4) is 0 Å². The highest BCUT2D eigenvalue weighted by Crippen LogP contribution is 2.22. The Bertz CT molecular complexity index is 765. The Morgan fingerprint density at radius 1 is 0.960 bits per heavy atom. The fraction of sp³-hybridized carbons (Fsp3) is 0.368. The molecule has 0 aliphatic heterocycles. The van der Waals surface area contributed by atoms with Crippen molar-refractivity contribution in [3.8, 4) is 0 Å².